The molecule has 7 N–H and O–H groups in total. The zero-order valence-electron chi connectivity index (χ0n) is 16.8. The van der Waals surface area contributed by atoms with Gasteiger partial charge in [0.05, 0.1) is 6.04 Å². The molecule has 26 heavy (non-hydrogen) atoms. The van der Waals surface area contributed by atoms with E-state index < -0.39 is 30.0 Å². The van der Waals surface area contributed by atoms with Crippen LogP contribution in [0.2, 0.25) is 0 Å². The zero-order chi connectivity index (χ0) is 19.7. The molecule has 0 aliphatic carbocycles. The normalized spacial score (nSPS) is 17.7. The van der Waals surface area contributed by atoms with E-state index in [0.717, 1.165) is 6.42 Å². The van der Waals surface area contributed by atoms with Crippen LogP contribution in [-0.4, -0.2) is 46.5 Å². The molecule has 8 nitrogen and oxygen atoms in total. The molecule has 5 unspecified atom stereocenters. The van der Waals surface area contributed by atoms with Gasteiger partial charge in [-0.15, -0.1) is 0 Å². The van der Waals surface area contributed by atoms with Crippen molar-refractivity contribution in [1.82, 2.24) is 10.6 Å². The molecule has 0 aliphatic heterocycles. The SMILES string of the molecule is CCC(C)C(N)C(=O)NC(C(=O)N[C@H](C(=O)O)C(C)CC)C(C)CC.O. The Morgan fingerprint density at radius 3 is 1.58 bits per heavy atom. The van der Waals surface area contributed by atoms with Crippen LogP contribution in [0.15, 0.2) is 0 Å². The number of amides is 2. The molecular formula is C18H37N3O5. The molecule has 0 radical (unpaired) electrons. The highest BCUT2D eigenvalue weighted by Gasteiger charge is 2.33. The van der Waals surface area contributed by atoms with Crippen LogP contribution in [0, 0.1) is 17.8 Å². The molecule has 0 aromatic heterocycles. The van der Waals surface area contributed by atoms with Gasteiger partial charge in [0.2, 0.25) is 11.8 Å². The Kier molecular flexibility index (Phi) is 12.9. The van der Waals surface area contributed by atoms with Crippen LogP contribution in [0.4, 0.5) is 0 Å². The van der Waals surface area contributed by atoms with Crippen molar-refractivity contribution in [2.24, 2.45) is 23.5 Å². The minimum Gasteiger partial charge on any atom is -0.480 e. The van der Waals surface area contributed by atoms with Crippen molar-refractivity contribution >= 4 is 17.8 Å². The lowest BCUT2D eigenvalue weighted by atomic mass is 9.94. The maximum atomic E-state index is 12.6. The first kappa shape index (κ1) is 26.6. The van der Waals surface area contributed by atoms with Gasteiger partial charge in [-0.2, -0.15) is 0 Å². The number of nitrogens with one attached hydrogen (secondary N) is 2. The predicted octanol–water partition coefficient (Wildman–Crippen LogP) is 0.682. The molecule has 0 aromatic carbocycles. The molecule has 0 bridgehead atoms. The lowest BCUT2D eigenvalue weighted by Crippen LogP contribution is -2.58. The molecule has 0 heterocycles. The second-order valence-electron chi connectivity index (χ2n) is 6.99. The molecule has 0 aliphatic rings. The third-order valence-corrected chi connectivity index (χ3v) is 5.13. The van der Waals surface area contributed by atoms with Crippen LogP contribution in [0.5, 0.6) is 0 Å². The molecule has 0 aromatic rings. The molecular weight excluding hydrogens is 338 g/mol. The fraction of sp³-hybridized carbons (Fsp3) is 0.833. The summed E-state index contributed by atoms with van der Waals surface area (Å²) >= 11 is 0. The number of carboxylic acid groups (broad SMARTS) is 1. The van der Waals surface area contributed by atoms with Crippen molar-refractivity contribution in [2.45, 2.75) is 78.9 Å². The van der Waals surface area contributed by atoms with E-state index in [9.17, 15) is 19.5 Å². The van der Waals surface area contributed by atoms with E-state index in [1.54, 1.807) is 6.92 Å². The maximum absolute atomic E-state index is 12.6. The number of hydrogen-bond acceptors (Lipinski definition) is 4. The van der Waals surface area contributed by atoms with Gasteiger partial charge in [0.1, 0.15) is 12.1 Å². The Labute approximate surface area is 156 Å². The van der Waals surface area contributed by atoms with E-state index in [1.807, 2.05) is 34.6 Å². The minimum atomic E-state index is -1.08. The van der Waals surface area contributed by atoms with Crippen molar-refractivity contribution in [2.75, 3.05) is 0 Å². The molecule has 2 amide bonds. The van der Waals surface area contributed by atoms with Crippen LogP contribution in [0.25, 0.3) is 0 Å². The average Bonchev–Trinajstić information content (AvgIpc) is 2.60. The summed E-state index contributed by atoms with van der Waals surface area (Å²) in [6.07, 6.45) is 2.04. The van der Waals surface area contributed by atoms with E-state index in [-0.39, 0.29) is 29.1 Å². The van der Waals surface area contributed by atoms with Crippen LogP contribution in [0.3, 0.4) is 0 Å². The minimum absolute atomic E-state index is 0. The molecule has 0 rings (SSSR count). The van der Waals surface area contributed by atoms with Crippen LogP contribution < -0.4 is 16.4 Å². The highest BCUT2D eigenvalue weighted by atomic mass is 16.4. The second kappa shape index (κ2) is 12.6. The van der Waals surface area contributed by atoms with Crippen LogP contribution >= 0.6 is 0 Å². The number of rotatable bonds is 11. The summed E-state index contributed by atoms with van der Waals surface area (Å²) in [4.78, 5) is 36.4. The van der Waals surface area contributed by atoms with Gasteiger partial charge in [0.15, 0.2) is 0 Å². The molecule has 0 fully saturated rings. The maximum Gasteiger partial charge on any atom is 0.326 e. The fourth-order valence-corrected chi connectivity index (χ4v) is 2.39. The van der Waals surface area contributed by atoms with Gasteiger partial charge in [0.25, 0.3) is 0 Å². The van der Waals surface area contributed by atoms with Crippen molar-refractivity contribution < 1.29 is 25.0 Å². The summed E-state index contributed by atoms with van der Waals surface area (Å²) in [5.41, 5.74) is 5.94. The fourth-order valence-electron chi connectivity index (χ4n) is 2.39. The van der Waals surface area contributed by atoms with Crippen LogP contribution in [-0.2, 0) is 14.4 Å². The van der Waals surface area contributed by atoms with Gasteiger partial charge in [-0.25, -0.2) is 4.79 Å². The quantitative estimate of drug-likeness (QED) is 0.418. The summed E-state index contributed by atoms with van der Waals surface area (Å²) in [7, 11) is 0. The number of carbonyl (C=O) groups is 3. The molecule has 6 atom stereocenters. The number of hydrogen-bond donors (Lipinski definition) is 4. The molecule has 0 saturated carbocycles. The van der Waals surface area contributed by atoms with E-state index >= 15 is 0 Å². The molecule has 8 heteroatoms. The monoisotopic (exact) mass is 375 g/mol. The summed E-state index contributed by atoms with van der Waals surface area (Å²) in [5, 5.41) is 14.6. The average molecular weight is 376 g/mol. The Balaban J connectivity index is 0. The van der Waals surface area contributed by atoms with Gasteiger partial charge in [-0.3, -0.25) is 9.59 Å². The molecule has 0 saturated heterocycles. The second-order valence-corrected chi connectivity index (χ2v) is 6.99. The largest absolute Gasteiger partial charge is 0.480 e. The summed E-state index contributed by atoms with van der Waals surface area (Å²) in [6, 6.07) is -2.49. The first-order chi connectivity index (χ1) is 11.6. The van der Waals surface area contributed by atoms with Gasteiger partial charge in [-0.1, -0.05) is 60.8 Å². The van der Waals surface area contributed by atoms with Gasteiger partial charge >= 0.3 is 5.97 Å². The lowest BCUT2D eigenvalue weighted by molar-refractivity contribution is -0.144. The highest BCUT2D eigenvalue weighted by Crippen LogP contribution is 2.13. The zero-order valence-corrected chi connectivity index (χ0v) is 16.8. The smallest absolute Gasteiger partial charge is 0.326 e. The van der Waals surface area contributed by atoms with Crippen molar-refractivity contribution in [3.63, 3.8) is 0 Å². The van der Waals surface area contributed by atoms with Gasteiger partial charge in [0, 0.05) is 0 Å². The lowest BCUT2D eigenvalue weighted by Gasteiger charge is -2.29. The van der Waals surface area contributed by atoms with Crippen LogP contribution in [0.1, 0.15) is 60.8 Å². The van der Waals surface area contributed by atoms with E-state index in [0.29, 0.717) is 12.8 Å². The standard InChI is InChI=1S/C18H35N3O4.H2O/c1-7-10(4)13(19)16(22)20-14(11(5)8-2)17(23)21-15(18(24)25)12(6)9-3;/h10-15H,7-9,19H2,1-6H3,(H,20,22)(H,21,23)(H,24,25);1H2/t10?,11?,12?,13?,14?,15-;/m0./s1. The summed E-state index contributed by atoms with van der Waals surface area (Å²) < 4.78 is 0. The topological polar surface area (TPSA) is 153 Å². The first-order valence-corrected chi connectivity index (χ1v) is 9.19. The third kappa shape index (κ3) is 7.70. The van der Waals surface area contributed by atoms with Gasteiger partial charge in [-0.05, 0) is 17.8 Å². The Hall–Kier alpha value is -1.67. The Morgan fingerprint density at radius 1 is 0.808 bits per heavy atom. The third-order valence-electron chi connectivity index (χ3n) is 5.13. The molecule has 0 spiro atoms. The summed E-state index contributed by atoms with van der Waals surface area (Å²) in [5.74, 6) is -2.30. The van der Waals surface area contributed by atoms with Crippen molar-refractivity contribution in [3.8, 4) is 0 Å². The number of carbonyl (C=O) groups excluding carboxylic acids is 2. The number of carboxylic acids is 1. The van der Waals surface area contributed by atoms with E-state index in [2.05, 4.69) is 10.6 Å². The summed E-state index contributed by atoms with van der Waals surface area (Å²) in [6.45, 7) is 11.2. The Bertz CT molecular complexity index is 458. The predicted molar refractivity (Wildman–Crippen MR) is 101 cm³/mol. The highest BCUT2D eigenvalue weighted by molar-refractivity contribution is 5.92. The number of nitrogens with two attached hydrogens (primary N) is 1. The molecule has 154 valence electrons. The van der Waals surface area contributed by atoms with Crippen molar-refractivity contribution in [1.29, 1.82) is 0 Å². The first-order valence-electron chi connectivity index (χ1n) is 9.19. The van der Waals surface area contributed by atoms with E-state index in [1.165, 1.54) is 0 Å². The van der Waals surface area contributed by atoms with E-state index in [4.69, 9.17) is 5.73 Å². The van der Waals surface area contributed by atoms with Crippen molar-refractivity contribution in [3.05, 3.63) is 0 Å². The van der Waals surface area contributed by atoms with Gasteiger partial charge < -0.3 is 26.9 Å². The number of aliphatic carboxylic acids is 1. The Morgan fingerprint density at radius 2 is 1.19 bits per heavy atom.